The minimum absolute atomic E-state index is 0.0347. The molecule has 0 spiro atoms. The molecular weight excluding hydrogens is 358 g/mol. The molecule has 0 aliphatic carbocycles. The van der Waals surface area contributed by atoms with Crippen molar-refractivity contribution in [1.29, 1.82) is 0 Å². The van der Waals surface area contributed by atoms with Gasteiger partial charge in [0.1, 0.15) is 5.58 Å². The number of likely N-dealkylation sites (N-methyl/N-ethyl adjacent to an activating group) is 1. The average Bonchev–Trinajstić information content (AvgIpc) is 2.94. The van der Waals surface area contributed by atoms with Crippen LogP contribution < -0.4 is 16.3 Å². The lowest BCUT2D eigenvalue weighted by Crippen LogP contribution is -2.41. The molecule has 1 fully saturated rings. The maximum atomic E-state index is 12.6. The Labute approximate surface area is 164 Å². The number of nitrogens with one attached hydrogen (secondary N) is 2. The van der Waals surface area contributed by atoms with E-state index in [-0.39, 0.29) is 29.5 Å². The molecule has 2 atom stereocenters. The zero-order valence-corrected chi connectivity index (χ0v) is 16.8. The van der Waals surface area contributed by atoms with E-state index in [2.05, 4.69) is 15.5 Å². The molecular formula is C21H27N3O4. The normalized spacial score (nSPS) is 19.7. The molecule has 150 valence electrons. The molecule has 1 saturated heterocycles. The largest absolute Gasteiger partial charge is 0.423 e. The number of fused-ring (bicyclic) bond motifs is 1. The molecule has 2 heterocycles. The zero-order chi connectivity index (χ0) is 20.4. The molecule has 2 amide bonds. The fraction of sp³-hybridized carbons (Fsp3) is 0.476. The Morgan fingerprint density at radius 2 is 1.86 bits per heavy atom. The lowest BCUT2D eigenvalue weighted by molar-refractivity contribution is -0.119. The number of rotatable bonds is 5. The van der Waals surface area contributed by atoms with Gasteiger partial charge in [0.25, 0.3) is 0 Å². The number of carbonyl (C=O) groups excluding carboxylic acids is 2. The summed E-state index contributed by atoms with van der Waals surface area (Å²) in [6.45, 7) is 5.85. The van der Waals surface area contributed by atoms with Crippen molar-refractivity contribution in [3.05, 3.63) is 39.7 Å². The van der Waals surface area contributed by atoms with Crippen LogP contribution in [0, 0.1) is 13.8 Å². The van der Waals surface area contributed by atoms with Crippen molar-refractivity contribution < 1.29 is 14.0 Å². The second-order valence-corrected chi connectivity index (χ2v) is 7.65. The molecule has 0 unspecified atom stereocenters. The van der Waals surface area contributed by atoms with E-state index in [9.17, 15) is 14.4 Å². The molecule has 7 nitrogen and oxygen atoms in total. The Morgan fingerprint density at radius 1 is 1.14 bits per heavy atom. The number of carbonyl (C=O) groups is 2. The molecule has 7 heteroatoms. The maximum Gasteiger partial charge on any atom is 0.336 e. The van der Waals surface area contributed by atoms with E-state index in [1.807, 2.05) is 27.0 Å². The van der Waals surface area contributed by atoms with Gasteiger partial charge in [0.05, 0.1) is 0 Å². The predicted molar refractivity (Wildman–Crippen MR) is 108 cm³/mol. The third-order valence-corrected chi connectivity index (χ3v) is 5.56. The van der Waals surface area contributed by atoms with Gasteiger partial charge < -0.3 is 15.1 Å². The maximum absolute atomic E-state index is 12.6. The van der Waals surface area contributed by atoms with Crippen molar-refractivity contribution in [1.82, 2.24) is 10.2 Å². The summed E-state index contributed by atoms with van der Waals surface area (Å²) >= 11 is 0. The molecule has 1 aromatic carbocycles. The smallest absolute Gasteiger partial charge is 0.336 e. The average molecular weight is 385 g/mol. The third kappa shape index (κ3) is 4.42. The van der Waals surface area contributed by atoms with Crippen molar-refractivity contribution in [2.24, 2.45) is 0 Å². The molecule has 1 aliphatic heterocycles. The summed E-state index contributed by atoms with van der Waals surface area (Å²) in [6, 6.07) is 5.50. The number of likely N-dealkylation sites (tertiary alicyclic amines) is 1. The van der Waals surface area contributed by atoms with Crippen LogP contribution in [0.1, 0.15) is 37.3 Å². The van der Waals surface area contributed by atoms with E-state index < -0.39 is 0 Å². The van der Waals surface area contributed by atoms with Gasteiger partial charge in [-0.1, -0.05) is 0 Å². The van der Waals surface area contributed by atoms with Gasteiger partial charge in [-0.2, -0.15) is 0 Å². The second kappa shape index (κ2) is 8.14. The van der Waals surface area contributed by atoms with Crippen LogP contribution in [0.25, 0.3) is 11.0 Å². The van der Waals surface area contributed by atoms with Crippen molar-refractivity contribution in [3.8, 4) is 0 Å². The molecule has 0 radical (unpaired) electrons. The van der Waals surface area contributed by atoms with Crippen molar-refractivity contribution in [2.75, 3.05) is 18.9 Å². The first-order valence-electron chi connectivity index (χ1n) is 9.56. The molecule has 0 saturated carbocycles. The summed E-state index contributed by atoms with van der Waals surface area (Å²) < 4.78 is 5.25. The number of hydrogen-bond donors (Lipinski definition) is 2. The monoisotopic (exact) mass is 385 g/mol. The van der Waals surface area contributed by atoms with E-state index in [4.69, 9.17) is 4.42 Å². The highest BCUT2D eigenvalue weighted by atomic mass is 16.4. The number of nitrogens with zero attached hydrogens (tertiary/aromatic N) is 1. The number of benzene rings is 1. The Kier molecular flexibility index (Phi) is 5.84. The lowest BCUT2D eigenvalue weighted by atomic mass is 10.1. The highest BCUT2D eigenvalue weighted by Gasteiger charge is 2.31. The van der Waals surface area contributed by atoms with Gasteiger partial charge in [-0.25, -0.2) is 4.79 Å². The second-order valence-electron chi connectivity index (χ2n) is 7.65. The molecule has 0 bridgehead atoms. The summed E-state index contributed by atoms with van der Waals surface area (Å²) in [7, 11) is 2.00. The Balaban J connectivity index is 1.67. The van der Waals surface area contributed by atoms with Crippen LogP contribution in [0.4, 0.5) is 5.69 Å². The van der Waals surface area contributed by atoms with Gasteiger partial charge in [-0.3, -0.25) is 14.5 Å². The summed E-state index contributed by atoms with van der Waals surface area (Å²) in [4.78, 5) is 37.5. The zero-order valence-electron chi connectivity index (χ0n) is 16.8. The first-order chi connectivity index (χ1) is 13.2. The molecule has 28 heavy (non-hydrogen) atoms. The van der Waals surface area contributed by atoms with E-state index >= 15 is 0 Å². The van der Waals surface area contributed by atoms with Crippen molar-refractivity contribution in [3.63, 3.8) is 0 Å². The minimum Gasteiger partial charge on any atom is -0.423 e. The van der Waals surface area contributed by atoms with Gasteiger partial charge in [-0.15, -0.1) is 0 Å². The van der Waals surface area contributed by atoms with Crippen LogP contribution in [-0.2, 0) is 9.59 Å². The standard InChI is InChI=1S/C21H27N3O4/c1-12-8-21(27)28-19-7-13(2)18(10-17(12)19)23-20(26)9-15-5-6-16(24(15)4)11-22-14(3)25/h7-8,10,15-16H,5-6,9,11H2,1-4H3,(H,22,25)(H,23,26)/t15-,16+/m0/s1. The summed E-state index contributed by atoms with van der Waals surface area (Å²) in [5, 5.41) is 6.67. The summed E-state index contributed by atoms with van der Waals surface area (Å²) in [5.74, 6) is -0.0815. The van der Waals surface area contributed by atoms with Crippen LogP contribution in [-0.4, -0.2) is 42.4 Å². The van der Waals surface area contributed by atoms with Crippen LogP contribution in [0.3, 0.4) is 0 Å². The van der Waals surface area contributed by atoms with Gasteiger partial charge >= 0.3 is 5.63 Å². The third-order valence-electron chi connectivity index (χ3n) is 5.56. The van der Waals surface area contributed by atoms with Gasteiger partial charge in [0, 0.05) is 49.1 Å². The minimum atomic E-state index is -0.376. The van der Waals surface area contributed by atoms with Gasteiger partial charge in [0.15, 0.2) is 0 Å². The lowest BCUT2D eigenvalue weighted by Gasteiger charge is -2.25. The van der Waals surface area contributed by atoms with E-state index in [1.165, 1.54) is 13.0 Å². The number of anilines is 1. The van der Waals surface area contributed by atoms with E-state index in [0.29, 0.717) is 18.5 Å². The first-order valence-corrected chi connectivity index (χ1v) is 9.56. The topological polar surface area (TPSA) is 91.7 Å². The Morgan fingerprint density at radius 3 is 2.57 bits per heavy atom. The SMILES string of the molecule is CC(=O)NC[C@H]1CC[C@@H](CC(=O)Nc2cc3c(C)cc(=O)oc3cc2C)N1C. The van der Waals surface area contributed by atoms with Crippen molar-refractivity contribution >= 4 is 28.5 Å². The van der Waals surface area contributed by atoms with Crippen LogP contribution in [0.2, 0.25) is 0 Å². The molecule has 2 aromatic rings. The fourth-order valence-electron chi connectivity index (χ4n) is 3.86. The van der Waals surface area contributed by atoms with Gasteiger partial charge in [0.2, 0.25) is 11.8 Å². The van der Waals surface area contributed by atoms with E-state index in [0.717, 1.165) is 35.0 Å². The van der Waals surface area contributed by atoms with E-state index in [1.54, 1.807) is 6.07 Å². The highest BCUT2D eigenvalue weighted by Crippen LogP contribution is 2.27. The van der Waals surface area contributed by atoms with Crippen LogP contribution in [0.15, 0.2) is 27.4 Å². The fourth-order valence-corrected chi connectivity index (χ4v) is 3.86. The number of amides is 2. The van der Waals surface area contributed by atoms with Crippen LogP contribution >= 0.6 is 0 Å². The highest BCUT2D eigenvalue weighted by molar-refractivity contribution is 5.95. The summed E-state index contributed by atoms with van der Waals surface area (Å²) in [5.41, 5.74) is 2.54. The van der Waals surface area contributed by atoms with Crippen LogP contribution in [0.5, 0.6) is 0 Å². The predicted octanol–water partition coefficient (Wildman–Crippen LogP) is 2.34. The Bertz CT molecular complexity index is 966. The molecule has 1 aromatic heterocycles. The first kappa shape index (κ1) is 20.1. The Hall–Kier alpha value is -2.67. The molecule has 1 aliphatic rings. The summed E-state index contributed by atoms with van der Waals surface area (Å²) in [6.07, 6.45) is 2.28. The quantitative estimate of drug-likeness (QED) is 0.771. The van der Waals surface area contributed by atoms with Gasteiger partial charge in [-0.05, 0) is 57.0 Å². The molecule has 3 rings (SSSR count). The van der Waals surface area contributed by atoms with Crippen molar-refractivity contribution in [2.45, 2.75) is 52.1 Å². The number of aryl methyl sites for hydroxylation is 2. The number of hydrogen-bond acceptors (Lipinski definition) is 5. The molecule has 2 N–H and O–H groups in total.